The van der Waals surface area contributed by atoms with E-state index >= 15 is 0 Å². The average Bonchev–Trinajstić information content (AvgIpc) is 2.66. The van der Waals surface area contributed by atoms with E-state index in [9.17, 15) is 36.9 Å². The number of nitro groups is 1. The molecule has 0 atom stereocenters. The molecule has 10 nitrogen and oxygen atoms in total. The number of rotatable bonds is 7. The third-order valence-electron chi connectivity index (χ3n) is 3.49. The van der Waals surface area contributed by atoms with Crippen molar-refractivity contribution in [3.63, 3.8) is 0 Å². The van der Waals surface area contributed by atoms with Gasteiger partial charge in [0.25, 0.3) is 5.69 Å². The van der Waals surface area contributed by atoms with E-state index in [4.69, 9.17) is 9.29 Å². The van der Waals surface area contributed by atoms with Crippen molar-refractivity contribution in [2.45, 2.75) is 5.25 Å². The summed E-state index contributed by atoms with van der Waals surface area (Å²) < 4.78 is 66.6. The van der Waals surface area contributed by atoms with Crippen LogP contribution in [0.25, 0.3) is 0 Å². The van der Waals surface area contributed by atoms with Gasteiger partial charge in [0.05, 0.1) is 10.5 Å². The Morgan fingerprint density at radius 2 is 1.74 bits per heavy atom. The van der Waals surface area contributed by atoms with Crippen molar-refractivity contribution in [2.75, 3.05) is 6.61 Å². The number of alkyl halides is 2. The van der Waals surface area contributed by atoms with Crippen molar-refractivity contribution in [1.29, 1.82) is 0 Å². The lowest BCUT2D eigenvalue weighted by Crippen LogP contribution is -2.34. The zero-order chi connectivity index (χ0) is 23.6. The van der Waals surface area contributed by atoms with Gasteiger partial charge in [-0.1, -0.05) is 0 Å². The zero-order valence-electron chi connectivity index (χ0n) is 14.8. The summed E-state index contributed by atoms with van der Waals surface area (Å²) in [5, 5.41) is 6.30. The van der Waals surface area contributed by atoms with Gasteiger partial charge in [-0.25, -0.2) is 9.59 Å². The molecule has 0 aliphatic carbocycles. The van der Waals surface area contributed by atoms with Crippen LogP contribution >= 0.6 is 45.2 Å². The molecule has 0 aliphatic heterocycles. The summed E-state index contributed by atoms with van der Waals surface area (Å²) >= 11 is 3.85. The molecule has 0 spiro atoms. The molecule has 0 saturated heterocycles. The van der Waals surface area contributed by atoms with Crippen LogP contribution in [0.15, 0.2) is 36.4 Å². The minimum atomic E-state index is -5.88. The monoisotopic (exact) mass is 683 g/mol. The second-order valence-corrected chi connectivity index (χ2v) is 9.59. The Morgan fingerprint density at radius 3 is 2.32 bits per heavy atom. The van der Waals surface area contributed by atoms with Crippen molar-refractivity contribution in [2.24, 2.45) is 0 Å². The lowest BCUT2D eigenvalue weighted by atomic mass is 10.1. The van der Waals surface area contributed by atoms with E-state index in [-0.39, 0.29) is 11.3 Å². The van der Waals surface area contributed by atoms with E-state index in [2.05, 4.69) is 4.74 Å². The van der Waals surface area contributed by atoms with Gasteiger partial charge in [-0.05, 0) is 69.4 Å². The van der Waals surface area contributed by atoms with Gasteiger partial charge in [-0.15, -0.1) is 0 Å². The number of hydrogen-bond acceptors (Lipinski definition) is 8. The molecule has 2 rings (SSSR count). The molecule has 15 heteroatoms. The Kier molecular flexibility index (Phi) is 7.87. The van der Waals surface area contributed by atoms with Gasteiger partial charge < -0.3 is 9.47 Å². The molecule has 0 bridgehead atoms. The Labute approximate surface area is 200 Å². The molecule has 0 fully saturated rings. The molecule has 0 aliphatic rings. The van der Waals surface area contributed by atoms with E-state index < -0.39 is 50.1 Å². The molecule has 2 aromatic carbocycles. The highest BCUT2D eigenvalue weighted by Crippen LogP contribution is 2.28. The summed E-state index contributed by atoms with van der Waals surface area (Å²) in [5.41, 5.74) is -1.58. The number of nitrogens with zero attached hydrogens (tertiary/aromatic N) is 1. The molecule has 31 heavy (non-hydrogen) atoms. The predicted octanol–water partition coefficient (Wildman–Crippen LogP) is 3.66. The number of carbonyl (C=O) groups is 2. The SMILES string of the molecule is O=C(Oc1ccc([N+](=O)[O-])c(C(=O)OCC(F)(F)S(=O)(=O)O)c1)c1cc(I)ccc1I. The summed E-state index contributed by atoms with van der Waals surface area (Å²) in [6, 6.07) is 7.39. The smallest absolute Gasteiger partial charge is 0.402 e. The van der Waals surface area contributed by atoms with E-state index in [1.54, 1.807) is 12.1 Å². The summed E-state index contributed by atoms with van der Waals surface area (Å²) in [4.78, 5) is 34.6. The molecule has 2 aromatic rings. The minimum Gasteiger partial charge on any atom is -0.454 e. The number of carbonyl (C=O) groups excluding carboxylic acids is 2. The van der Waals surface area contributed by atoms with Crippen LogP contribution in [0.2, 0.25) is 0 Å². The Balaban J connectivity index is 2.32. The number of hydrogen-bond donors (Lipinski definition) is 1. The van der Waals surface area contributed by atoms with Gasteiger partial charge >= 0.3 is 27.3 Å². The fraction of sp³-hybridized carbons (Fsp3) is 0.125. The first-order valence-corrected chi connectivity index (χ1v) is 11.3. The van der Waals surface area contributed by atoms with Gasteiger partial charge in [0.15, 0.2) is 6.61 Å². The normalized spacial score (nSPS) is 11.6. The van der Waals surface area contributed by atoms with Crippen molar-refractivity contribution in [3.05, 3.63) is 64.8 Å². The fourth-order valence-electron chi connectivity index (χ4n) is 2.02. The number of ether oxygens (including phenoxy) is 2. The second kappa shape index (κ2) is 9.65. The third kappa shape index (κ3) is 6.26. The molecular weight excluding hydrogens is 674 g/mol. The maximum Gasteiger partial charge on any atom is 0.402 e. The summed E-state index contributed by atoms with van der Waals surface area (Å²) in [7, 11) is -5.88. The molecule has 0 saturated carbocycles. The molecule has 0 radical (unpaired) electrons. The molecule has 166 valence electrons. The summed E-state index contributed by atoms with van der Waals surface area (Å²) in [6.07, 6.45) is 0. The molecule has 0 heterocycles. The van der Waals surface area contributed by atoms with Gasteiger partial charge in [0.2, 0.25) is 0 Å². The molecule has 1 N–H and O–H groups in total. The highest BCUT2D eigenvalue weighted by molar-refractivity contribution is 14.1. The Morgan fingerprint density at radius 1 is 1.10 bits per heavy atom. The summed E-state index contributed by atoms with van der Waals surface area (Å²) in [5.74, 6) is -2.88. The van der Waals surface area contributed by atoms with Gasteiger partial charge in [0.1, 0.15) is 11.3 Å². The van der Waals surface area contributed by atoms with Gasteiger partial charge in [-0.2, -0.15) is 17.2 Å². The van der Waals surface area contributed by atoms with Gasteiger partial charge in [-0.3, -0.25) is 14.7 Å². The topological polar surface area (TPSA) is 150 Å². The first kappa shape index (κ1) is 25.3. The first-order valence-electron chi connectivity index (χ1n) is 7.70. The van der Waals surface area contributed by atoms with Crippen LogP contribution < -0.4 is 4.74 Å². The van der Waals surface area contributed by atoms with Crippen LogP contribution in [0, 0.1) is 17.3 Å². The van der Waals surface area contributed by atoms with E-state index in [0.29, 0.717) is 9.64 Å². The highest BCUT2D eigenvalue weighted by atomic mass is 127. The second-order valence-electron chi connectivity index (χ2n) is 5.64. The first-order chi connectivity index (χ1) is 14.2. The quantitative estimate of drug-likeness (QED) is 0.115. The van der Waals surface area contributed by atoms with Crippen LogP contribution in [-0.2, 0) is 14.9 Å². The largest absolute Gasteiger partial charge is 0.454 e. The van der Waals surface area contributed by atoms with Crippen molar-refractivity contribution >= 4 is 72.9 Å². The molecule has 0 aromatic heterocycles. The summed E-state index contributed by atoms with van der Waals surface area (Å²) in [6.45, 7) is -2.09. The van der Waals surface area contributed by atoms with Crippen LogP contribution in [-0.4, -0.2) is 41.7 Å². The lowest BCUT2D eigenvalue weighted by molar-refractivity contribution is -0.385. The third-order valence-corrected chi connectivity index (χ3v) is 5.98. The van der Waals surface area contributed by atoms with Crippen molar-refractivity contribution < 1.29 is 45.7 Å². The highest BCUT2D eigenvalue weighted by Gasteiger charge is 2.46. The average molecular weight is 683 g/mol. The molecule has 0 amide bonds. The predicted molar refractivity (Wildman–Crippen MR) is 117 cm³/mol. The van der Waals surface area contributed by atoms with E-state index in [1.807, 2.05) is 45.2 Å². The number of benzene rings is 2. The van der Waals surface area contributed by atoms with E-state index in [0.717, 1.165) is 15.7 Å². The number of esters is 2. The maximum absolute atomic E-state index is 13.3. The molecular formula is C16H9F2I2NO9S. The van der Waals surface area contributed by atoms with Crippen molar-refractivity contribution in [3.8, 4) is 5.75 Å². The standard InChI is InChI=1S/C16H9F2I2NO9S/c17-16(18,31(26,27)28)7-29-14(22)11-6-9(2-4-13(11)21(24)25)30-15(23)10-5-8(19)1-3-12(10)20/h1-6H,7H2,(H,26,27,28). The Bertz CT molecular complexity index is 1170. The van der Waals surface area contributed by atoms with Crippen LogP contribution in [0.4, 0.5) is 14.5 Å². The van der Waals surface area contributed by atoms with Gasteiger partial charge in [0, 0.05) is 19.3 Å². The Hall–Kier alpha value is -1.99. The number of halogens is 4. The van der Waals surface area contributed by atoms with E-state index in [1.165, 1.54) is 6.07 Å². The zero-order valence-corrected chi connectivity index (χ0v) is 19.9. The maximum atomic E-state index is 13.3. The fourth-order valence-corrected chi connectivity index (χ4v) is 3.27. The van der Waals surface area contributed by atoms with Crippen LogP contribution in [0.3, 0.4) is 0 Å². The van der Waals surface area contributed by atoms with Crippen LogP contribution in [0.1, 0.15) is 20.7 Å². The van der Waals surface area contributed by atoms with Crippen LogP contribution in [0.5, 0.6) is 5.75 Å². The molecule has 0 unspecified atom stereocenters. The number of nitro benzene ring substituents is 1. The minimum absolute atomic E-state index is 0.169. The lowest BCUT2D eigenvalue weighted by Gasteiger charge is -2.13. The van der Waals surface area contributed by atoms with Crippen molar-refractivity contribution in [1.82, 2.24) is 0 Å².